The van der Waals surface area contributed by atoms with Gasteiger partial charge < -0.3 is 145 Å². The quantitative estimate of drug-likeness (QED) is 0.0538. The highest BCUT2D eigenvalue weighted by molar-refractivity contribution is 5.78. The van der Waals surface area contributed by atoms with Gasteiger partial charge in [0.15, 0.2) is 25.2 Å². The van der Waals surface area contributed by atoms with Crippen molar-refractivity contribution in [1.82, 2.24) is 16.0 Å². The van der Waals surface area contributed by atoms with Crippen LogP contribution >= 0.6 is 0 Å². The lowest BCUT2D eigenvalue weighted by atomic mass is 9.88. The van der Waals surface area contributed by atoms with Gasteiger partial charge in [0.05, 0.1) is 45.2 Å². The SMILES string of the molecule is CC(=O)N[C@H]1[C@H](O[C@H]2[C@@H](O)[C@@H](CO)O[C@@H](O[C@H]3[C@@H](O)[C@@H](CO[C@]4(C(=O)O)C[C@H](O)[C@@H](NC(=O)CO)[C@H]([C@H](O)[C@H](O)CO)O4)OC(O)[C@@H]3NC(C)=O)[C@@H]2O)O[C@H](CO)[C@@H](O[C@@H]2O[C@H](CO)[C@H](O)[C@H](O)[C@H]2O)[C@@H]1O. The molecule has 3 amide bonds. The molecule has 72 heavy (non-hydrogen) atoms. The summed E-state index contributed by atoms with van der Waals surface area (Å²) in [5.41, 5.74) is 0. The average Bonchev–Trinajstić information content (AvgIpc) is 3.34. The molecule has 0 aliphatic carbocycles. The molecular formula is C39H65N3O30. The van der Waals surface area contributed by atoms with E-state index in [-0.39, 0.29) is 0 Å². The molecule has 0 radical (unpaired) electrons. The maximum absolute atomic E-state index is 12.8. The van der Waals surface area contributed by atoms with Gasteiger partial charge >= 0.3 is 5.97 Å². The molecule has 5 aliphatic heterocycles. The molecular weight excluding hydrogens is 990 g/mol. The molecule has 0 saturated carbocycles. The number of carbonyl (C=O) groups is 4. The molecule has 33 nitrogen and oxygen atoms in total. The van der Waals surface area contributed by atoms with Gasteiger partial charge in [-0.3, -0.25) is 14.4 Å². The van der Waals surface area contributed by atoms with Crippen molar-refractivity contribution in [2.75, 3.05) is 39.6 Å². The van der Waals surface area contributed by atoms with E-state index >= 15 is 0 Å². The highest BCUT2D eigenvalue weighted by Gasteiger charge is 2.59. The van der Waals surface area contributed by atoms with Crippen molar-refractivity contribution in [3.8, 4) is 0 Å². The van der Waals surface area contributed by atoms with Crippen molar-refractivity contribution in [2.24, 2.45) is 0 Å². The number of aliphatic hydroxyl groups excluding tert-OH is 16. The first kappa shape index (κ1) is 59.8. The zero-order chi connectivity index (χ0) is 53.7. The third-order valence-electron chi connectivity index (χ3n) is 12.6. The Morgan fingerprint density at radius 2 is 1.11 bits per heavy atom. The summed E-state index contributed by atoms with van der Waals surface area (Å²) in [6.45, 7) is -4.40. The molecule has 33 heteroatoms. The maximum atomic E-state index is 12.8. The summed E-state index contributed by atoms with van der Waals surface area (Å²) in [5, 5.41) is 187. The molecule has 0 bridgehead atoms. The average molecular weight is 1060 g/mol. The molecule has 5 aliphatic rings. The number of rotatable bonds is 20. The number of carbonyl (C=O) groups excluding carboxylic acids is 3. The summed E-state index contributed by atoms with van der Waals surface area (Å²) in [6, 6.07) is -5.30. The smallest absolute Gasteiger partial charge is 0.364 e. The summed E-state index contributed by atoms with van der Waals surface area (Å²) in [5.74, 6) is -7.90. The van der Waals surface area contributed by atoms with Crippen LogP contribution in [0.5, 0.6) is 0 Å². The number of aliphatic hydroxyl groups is 16. The lowest BCUT2D eigenvalue weighted by molar-refractivity contribution is -0.377. The molecule has 5 rings (SSSR count). The first-order valence-electron chi connectivity index (χ1n) is 22.4. The minimum Gasteiger partial charge on any atom is -0.477 e. The Labute approximate surface area is 406 Å². The minimum atomic E-state index is -3.04. The molecule has 0 aromatic rings. The monoisotopic (exact) mass is 1060 g/mol. The predicted octanol–water partition coefficient (Wildman–Crippen LogP) is -13.3. The first-order chi connectivity index (χ1) is 33.9. The van der Waals surface area contributed by atoms with Crippen LogP contribution in [-0.2, 0) is 61.8 Å². The second-order valence-corrected chi connectivity index (χ2v) is 17.6. The van der Waals surface area contributed by atoms with Gasteiger partial charge in [-0.25, -0.2) is 4.79 Å². The van der Waals surface area contributed by atoms with E-state index in [1.54, 1.807) is 0 Å². The topological polar surface area (TPSA) is 531 Å². The van der Waals surface area contributed by atoms with E-state index in [1.165, 1.54) is 0 Å². The number of carboxylic acid groups (broad SMARTS) is 1. The number of carboxylic acids is 1. The molecule has 5 saturated heterocycles. The van der Waals surface area contributed by atoms with Crippen LogP contribution < -0.4 is 16.0 Å². The normalized spacial score (nSPS) is 44.6. The number of ether oxygens (including phenoxy) is 9. The Balaban J connectivity index is 1.39. The zero-order valence-electron chi connectivity index (χ0n) is 38.3. The largest absolute Gasteiger partial charge is 0.477 e. The van der Waals surface area contributed by atoms with Crippen molar-refractivity contribution in [3.63, 3.8) is 0 Å². The van der Waals surface area contributed by atoms with Crippen LogP contribution in [0.2, 0.25) is 0 Å². The highest BCUT2D eigenvalue weighted by Crippen LogP contribution is 2.37. The zero-order valence-corrected chi connectivity index (χ0v) is 38.3. The van der Waals surface area contributed by atoms with Crippen LogP contribution in [0.15, 0.2) is 0 Å². The second kappa shape index (κ2) is 25.6. The van der Waals surface area contributed by atoms with Gasteiger partial charge in [-0.1, -0.05) is 0 Å². The number of hydrogen-bond donors (Lipinski definition) is 20. The standard InChI is InChI=1S/C39H65N3O30/c1-10(48)40-20-26(57)30(69-36-28(59)27(58)23(54)14(5-44)66-36)16(7-46)68-35(20)71-33-24(55)15(6-45)67-37(29(33)60)70-31-21(41-11(2)49)34(61)65-17(25(31)56)9-64-39(38(62)63)3-12(50)19(42-18(52)8-47)32(72-39)22(53)13(51)4-43/h12-17,19-37,43-47,50-51,53-61H,3-9H2,1-2H3,(H,40,48)(H,41,49)(H,42,52)(H,62,63)/t12-,13+,14+,15+,16+,17+,19+,20+,21+,22+,23-,24-,25-,26+,27-,28+,29+,30+,31+,32+,33-,34?,35-,36-,37-,39+/m0/s1. The number of nitrogens with one attached hydrogen (secondary N) is 3. The summed E-state index contributed by atoms with van der Waals surface area (Å²) in [4.78, 5) is 49.7. The fourth-order valence-electron chi connectivity index (χ4n) is 8.82. The van der Waals surface area contributed by atoms with E-state index in [0.717, 1.165) is 13.8 Å². The van der Waals surface area contributed by atoms with Gasteiger partial charge in [-0.05, 0) is 0 Å². The van der Waals surface area contributed by atoms with E-state index in [4.69, 9.17) is 42.6 Å². The maximum Gasteiger partial charge on any atom is 0.364 e. The predicted molar refractivity (Wildman–Crippen MR) is 220 cm³/mol. The van der Waals surface area contributed by atoms with Gasteiger partial charge in [0.1, 0.15) is 122 Å². The first-order valence-corrected chi connectivity index (χ1v) is 22.4. The van der Waals surface area contributed by atoms with Crippen molar-refractivity contribution < 1.29 is 149 Å². The molecule has 5 fully saturated rings. The van der Waals surface area contributed by atoms with E-state index in [9.17, 15) is 106 Å². The van der Waals surface area contributed by atoms with Gasteiger partial charge in [0.25, 0.3) is 5.79 Å². The van der Waals surface area contributed by atoms with E-state index in [1.807, 2.05) is 0 Å². The fraction of sp³-hybridized carbons (Fsp3) is 0.897. The number of aliphatic carboxylic acids is 1. The van der Waals surface area contributed by atoms with E-state index < -0.39 is 229 Å². The number of hydrogen-bond acceptors (Lipinski definition) is 29. The third-order valence-corrected chi connectivity index (χ3v) is 12.6. The summed E-state index contributed by atoms with van der Waals surface area (Å²) < 4.78 is 50.8. The molecule has 0 spiro atoms. The minimum absolute atomic E-state index is 0.850. The molecule has 0 aromatic heterocycles. The van der Waals surface area contributed by atoms with E-state index in [2.05, 4.69) is 16.0 Å². The van der Waals surface area contributed by atoms with Crippen LogP contribution in [0, 0.1) is 0 Å². The van der Waals surface area contributed by atoms with Gasteiger partial charge in [0, 0.05) is 20.3 Å². The van der Waals surface area contributed by atoms with Crippen LogP contribution in [0.3, 0.4) is 0 Å². The Morgan fingerprint density at radius 3 is 1.67 bits per heavy atom. The molecule has 1 unspecified atom stereocenters. The Bertz CT molecular complexity index is 1790. The Morgan fingerprint density at radius 1 is 0.583 bits per heavy atom. The lowest BCUT2D eigenvalue weighted by Crippen LogP contribution is -2.70. The second-order valence-electron chi connectivity index (χ2n) is 17.6. The summed E-state index contributed by atoms with van der Waals surface area (Å²) >= 11 is 0. The van der Waals surface area contributed by atoms with Gasteiger partial charge in [0.2, 0.25) is 17.7 Å². The van der Waals surface area contributed by atoms with Crippen LogP contribution in [0.25, 0.3) is 0 Å². The Hall–Kier alpha value is -3.12. The highest BCUT2D eigenvalue weighted by atomic mass is 16.8. The fourth-order valence-corrected chi connectivity index (χ4v) is 8.82. The van der Waals surface area contributed by atoms with Crippen LogP contribution in [-0.4, -0.2) is 309 Å². The van der Waals surface area contributed by atoms with Crippen molar-refractivity contribution >= 4 is 23.7 Å². The molecule has 0 aromatic carbocycles. The molecule has 5 heterocycles. The molecule has 26 atom stereocenters. The van der Waals surface area contributed by atoms with Crippen LogP contribution in [0.1, 0.15) is 20.3 Å². The van der Waals surface area contributed by atoms with E-state index in [0.29, 0.717) is 0 Å². The van der Waals surface area contributed by atoms with Crippen LogP contribution in [0.4, 0.5) is 0 Å². The van der Waals surface area contributed by atoms with Crippen molar-refractivity contribution in [3.05, 3.63) is 0 Å². The van der Waals surface area contributed by atoms with Crippen molar-refractivity contribution in [2.45, 2.75) is 179 Å². The summed E-state index contributed by atoms with van der Waals surface area (Å²) in [7, 11) is 0. The van der Waals surface area contributed by atoms with Gasteiger partial charge in [-0.15, -0.1) is 0 Å². The van der Waals surface area contributed by atoms with Gasteiger partial charge in [-0.2, -0.15) is 0 Å². The third kappa shape index (κ3) is 13.1. The molecule has 416 valence electrons. The Kier molecular flexibility index (Phi) is 21.3. The summed E-state index contributed by atoms with van der Waals surface area (Å²) in [6.07, 6.45) is -44.7. The van der Waals surface area contributed by atoms with Crippen molar-refractivity contribution in [1.29, 1.82) is 0 Å². The lowest BCUT2D eigenvalue weighted by Gasteiger charge is -2.50. The number of amides is 3. The molecule has 20 N–H and O–H groups in total.